The smallest absolute Gasteiger partial charge is 0.345 e. The zero-order valence-corrected chi connectivity index (χ0v) is 6.70. The van der Waals surface area contributed by atoms with Gasteiger partial charge in [-0.3, -0.25) is 0 Å². The minimum absolute atomic E-state index is 0.226. The Kier molecular flexibility index (Phi) is 3.14. The van der Waals surface area contributed by atoms with Crippen molar-refractivity contribution in [1.82, 2.24) is 0 Å². The first-order valence-electron chi connectivity index (χ1n) is 3.60. The highest BCUT2D eigenvalue weighted by Gasteiger charge is 2.11. The summed E-state index contributed by atoms with van der Waals surface area (Å²) in [7, 11) is 0. The fourth-order valence-electron chi connectivity index (χ4n) is 0.764. The molecule has 0 radical (unpaired) electrons. The molecule has 0 saturated carbocycles. The van der Waals surface area contributed by atoms with Crippen LogP contribution in [-0.2, 0) is 9.53 Å². The zero-order valence-electron chi connectivity index (χ0n) is 6.70. The van der Waals surface area contributed by atoms with Gasteiger partial charge in [-0.25, -0.2) is 14.0 Å². The second kappa shape index (κ2) is 4.35. The number of esters is 2. The normalized spacial score (nSPS) is 9.31. The van der Waals surface area contributed by atoms with Crippen LogP contribution in [0.25, 0.3) is 0 Å². The summed E-state index contributed by atoms with van der Waals surface area (Å²) in [6.07, 6.45) is 0. The lowest BCUT2D eigenvalue weighted by atomic mass is 10.2. The number of hydrogen-bond acceptors (Lipinski definition) is 3. The van der Waals surface area contributed by atoms with Crippen LogP contribution < -0.4 is 0 Å². The largest absolute Gasteiger partial charge is 0.387 e. The molecule has 0 amide bonds. The highest BCUT2D eigenvalue weighted by Crippen LogP contribution is 2.00. The maximum absolute atomic E-state index is 11.6. The van der Waals surface area contributed by atoms with Crippen molar-refractivity contribution in [3.63, 3.8) is 0 Å². The third-order valence-electron chi connectivity index (χ3n) is 1.33. The summed E-state index contributed by atoms with van der Waals surface area (Å²) in [6.45, 7) is -1.29. The number of alkyl halides is 1. The van der Waals surface area contributed by atoms with Crippen molar-refractivity contribution in [2.75, 3.05) is 6.67 Å². The molecule has 0 saturated heterocycles. The minimum atomic E-state index is -1.29. The first kappa shape index (κ1) is 9.38. The molecule has 1 aromatic carbocycles. The third-order valence-corrected chi connectivity index (χ3v) is 1.33. The molecule has 0 aliphatic carbocycles. The van der Waals surface area contributed by atoms with Crippen LogP contribution in [0.4, 0.5) is 4.39 Å². The number of benzene rings is 1. The Morgan fingerprint density at radius 3 is 2.38 bits per heavy atom. The van der Waals surface area contributed by atoms with Crippen molar-refractivity contribution in [2.45, 2.75) is 0 Å². The molecule has 0 unspecified atom stereocenters. The van der Waals surface area contributed by atoms with Gasteiger partial charge in [-0.15, -0.1) is 0 Å². The van der Waals surface area contributed by atoms with Gasteiger partial charge in [0.1, 0.15) is 0 Å². The number of halogens is 1. The van der Waals surface area contributed by atoms with Crippen LogP contribution >= 0.6 is 0 Å². The molecule has 0 aromatic heterocycles. The van der Waals surface area contributed by atoms with Gasteiger partial charge in [0.25, 0.3) is 0 Å². The number of carbonyl (C=O) groups is 2. The summed E-state index contributed by atoms with van der Waals surface area (Å²) in [4.78, 5) is 21.4. The Morgan fingerprint density at radius 2 is 1.85 bits per heavy atom. The van der Waals surface area contributed by atoms with Crippen molar-refractivity contribution in [3.05, 3.63) is 35.9 Å². The number of carbonyl (C=O) groups excluding carboxylic acids is 2. The number of ether oxygens (including phenoxy) is 1. The summed E-state index contributed by atoms with van der Waals surface area (Å²) in [6, 6.07) is 7.92. The van der Waals surface area contributed by atoms with E-state index in [9.17, 15) is 14.0 Å². The minimum Gasteiger partial charge on any atom is -0.387 e. The van der Waals surface area contributed by atoms with E-state index in [1.165, 1.54) is 12.1 Å². The molecular formula is C9H7FO3. The van der Waals surface area contributed by atoms with Gasteiger partial charge in [0, 0.05) is 0 Å². The van der Waals surface area contributed by atoms with Crippen LogP contribution in [0.1, 0.15) is 10.4 Å². The van der Waals surface area contributed by atoms with Crippen LogP contribution in [-0.4, -0.2) is 18.6 Å². The SMILES string of the molecule is O=C(CF)OC(=O)c1ccccc1. The predicted molar refractivity (Wildman–Crippen MR) is 42.8 cm³/mol. The van der Waals surface area contributed by atoms with E-state index in [4.69, 9.17) is 0 Å². The van der Waals surface area contributed by atoms with Crippen molar-refractivity contribution < 1.29 is 18.7 Å². The Balaban J connectivity index is 2.65. The van der Waals surface area contributed by atoms with E-state index < -0.39 is 18.6 Å². The summed E-state index contributed by atoms with van der Waals surface area (Å²) in [5, 5.41) is 0. The van der Waals surface area contributed by atoms with Gasteiger partial charge in [0.05, 0.1) is 5.56 Å². The van der Waals surface area contributed by atoms with Crippen molar-refractivity contribution >= 4 is 11.9 Å². The Morgan fingerprint density at radius 1 is 1.23 bits per heavy atom. The maximum atomic E-state index is 11.6. The fraction of sp³-hybridized carbons (Fsp3) is 0.111. The van der Waals surface area contributed by atoms with E-state index in [-0.39, 0.29) is 5.56 Å². The highest BCUT2D eigenvalue weighted by molar-refractivity contribution is 5.96. The Hall–Kier alpha value is -1.71. The summed E-state index contributed by atoms with van der Waals surface area (Å²) < 4.78 is 15.8. The zero-order chi connectivity index (χ0) is 9.68. The highest BCUT2D eigenvalue weighted by atomic mass is 19.1. The second-order valence-electron chi connectivity index (χ2n) is 2.26. The van der Waals surface area contributed by atoms with Crippen LogP contribution in [0, 0.1) is 0 Å². The number of hydrogen-bond donors (Lipinski definition) is 0. The summed E-state index contributed by atoms with van der Waals surface area (Å²) >= 11 is 0. The molecule has 0 N–H and O–H groups in total. The molecule has 4 heteroatoms. The molecule has 0 aliphatic rings. The van der Waals surface area contributed by atoms with Crippen LogP contribution in [0.5, 0.6) is 0 Å². The quantitative estimate of drug-likeness (QED) is 0.512. The van der Waals surface area contributed by atoms with Crippen molar-refractivity contribution in [3.8, 4) is 0 Å². The van der Waals surface area contributed by atoms with Gasteiger partial charge in [-0.05, 0) is 12.1 Å². The molecule has 0 bridgehead atoms. The van der Waals surface area contributed by atoms with E-state index in [1.807, 2.05) is 0 Å². The van der Waals surface area contributed by atoms with Gasteiger partial charge in [-0.1, -0.05) is 18.2 Å². The average Bonchev–Trinajstić information content (AvgIpc) is 2.19. The molecule has 1 aromatic rings. The number of rotatable bonds is 2. The molecule has 0 heterocycles. The van der Waals surface area contributed by atoms with Crippen molar-refractivity contribution in [2.24, 2.45) is 0 Å². The fourth-order valence-corrected chi connectivity index (χ4v) is 0.764. The molecule has 0 aliphatic heterocycles. The molecule has 1 rings (SSSR count). The lowest BCUT2D eigenvalue weighted by Gasteiger charge is -1.98. The van der Waals surface area contributed by atoms with Crippen LogP contribution in [0.2, 0.25) is 0 Å². The van der Waals surface area contributed by atoms with E-state index in [0.717, 1.165) is 0 Å². The van der Waals surface area contributed by atoms with E-state index in [1.54, 1.807) is 18.2 Å². The Bertz CT molecular complexity index is 308. The van der Waals surface area contributed by atoms with E-state index in [0.29, 0.717) is 0 Å². The molecular weight excluding hydrogens is 175 g/mol. The van der Waals surface area contributed by atoms with E-state index in [2.05, 4.69) is 4.74 Å². The Labute approximate surface area is 74.1 Å². The predicted octanol–water partition coefficient (Wildman–Crippen LogP) is 1.34. The van der Waals surface area contributed by atoms with Crippen LogP contribution in [0.3, 0.4) is 0 Å². The topological polar surface area (TPSA) is 43.4 Å². The van der Waals surface area contributed by atoms with Gasteiger partial charge in [-0.2, -0.15) is 0 Å². The maximum Gasteiger partial charge on any atom is 0.345 e. The molecule has 0 fully saturated rings. The molecule has 0 atom stereocenters. The summed E-state index contributed by atoms with van der Waals surface area (Å²) in [5.41, 5.74) is 0.226. The van der Waals surface area contributed by atoms with Crippen LogP contribution in [0.15, 0.2) is 30.3 Å². The van der Waals surface area contributed by atoms with Gasteiger partial charge in [0.15, 0.2) is 6.67 Å². The first-order valence-corrected chi connectivity index (χ1v) is 3.60. The standard InChI is InChI=1S/C9H7FO3/c10-6-8(11)13-9(12)7-4-2-1-3-5-7/h1-5H,6H2. The van der Waals surface area contributed by atoms with Gasteiger partial charge >= 0.3 is 11.9 Å². The average molecular weight is 182 g/mol. The third kappa shape index (κ3) is 2.66. The molecule has 13 heavy (non-hydrogen) atoms. The van der Waals surface area contributed by atoms with Gasteiger partial charge in [0.2, 0.25) is 0 Å². The van der Waals surface area contributed by atoms with Gasteiger partial charge < -0.3 is 4.74 Å². The second-order valence-corrected chi connectivity index (χ2v) is 2.26. The lowest BCUT2D eigenvalue weighted by Crippen LogP contribution is -2.13. The molecule has 3 nitrogen and oxygen atoms in total. The van der Waals surface area contributed by atoms with Crippen molar-refractivity contribution in [1.29, 1.82) is 0 Å². The lowest BCUT2D eigenvalue weighted by molar-refractivity contribution is -0.138. The first-order chi connectivity index (χ1) is 6.24. The van der Waals surface area contributed by atoms with E-state index >= 15 is 0 Å². The molecule has 0 spiro atoms. The molecule has 68 valence electrons. The summed E-state index contributed by atoms with van der Waals surface area (Å²) in [5.74, 6) is -2.00. The monoisotopic (exact) mass is 182 g/mol.